The molecule has 1 aromatic carbocycles. The summed E-state index contributed by atoms with van der Waals surface area (Å²) in [5.41, 5.74) is 2.09. The molecule has 1 aliphatic heterocycles. The van der Waals surface area contributed by atoms with Crippen molar-refractivity contribution in [3.05, 3.63) is 53.9 Å². The van der Waals surface area contributed by atoms with Crippen molar-refractivity contribution in [1.29, 1.82) is 0 Å². The van der Waals surface area contributed by atoms with E-state index in [1.165, 1.54) is 0 Å². The number of nitrogens with zero attached hydrogens (tertiary/aromatic N) is 2. The maximum Gasteiger partial charge on any atom is 0.226 e. The largest absolute Gasteiger partial charge is 0.371 e. The van der Waals surface area contributed by atoms with Crippen LogP contribution in [0.3, 0.4) is 0 Å². The molecule has 1 amide bonds. The molecule has 3 atom stereocenters. The summed E-state index contributed by atoms with van der Waals surface area (Å²) in [6.45, 7) is 5.43. The highest BCUT2D eigenvalue weighted by Crippen LogP contribution is 2.35. The fraction of sp³-hybridized carbons (Fsp3) is 0.444. The molecular weight excluding hydrogens is 290 g/mol. The third kappa shape index (κ3) is 3.29. The van der Waals surface area contributed by atoms with E-state index in [1.807, 2.05) is 54.9 Å². The van der Waals surface area contributed by atoms with E-state index in [0.29, 0.717) is 6.61 Å². The standard InChI is InChI=1S/C18H23N3O2/c1-3-21-16(9-11-19-21)17-15(10-12-23-17)18(22)20-13(2)14-7-5-4-6-8-14/h4-9,11,13,15,17H,3,10,12H2,1-2H3,(H,20,22). The molecule has 0 radical (unpaired) electrons. The van der Waals surface area contributed by atoms with E-state index >= 15 is 0 Å². The zero-order valence-electron chi connectivity index (χ0n) is 13.6. The van der Waals surface area contributed by atoms with Crippen molar-refractivity contribution < 1.29 is 9.53 Å². The van der Waals surface area contributed by atoms with Gasteiger partial charge in [-0.05, 0) is 31.9 Å². The zero-order chi connectivity index (χ0) is 16.2. The molecule has 0 saturated carbocycles. The van der Waals surface area contributed by atoms with E-state index in [1.54, 1.807) is 6.20 Å². The van der Waals surface area contributed by atoms with E-state index < -0.39 is 0 Å². The van der Waals surface area contributed by atoms with Gasteiger partial charge in [0.2, 0.25) is 5.91 Å². The van der Waals surface area contributed by atoms with Crippen LogP contribution in [0, 0.1) is 5.92 Å². The molecule has 1 N–H and O–H groups in total. The molecule has 1 aliphatic rings. The van der Waals surface area contributed by atoms with Gasteiger partial charge in [-0.15, -0.1) is 0 Å². The summed E-state index contributed by atoms with van der Waals surface area (Å²) in [7, 11) is 0. The van der Waals surface area contributed by atoms with Crippen molar-refractivity contribution in [3.8, 4) is 0 Å². The van der Waals surface area contributed by atoms with Gasteiger partial charge < -0.3 is 10.1 Å². The Morgan fingerprint density at radius 2 is 2.17 bits per heavy atom. The summed E-state index contributed by atoms with van der Waals surface area (Å²) >= 11 is 0. The fourth-order valence-corrected chi connectivity index (χ4v) is 3.14. The summed E-state index contributed by atoms with van der Waals surface area (Å²) in [5.74, 6) is -0.115. The van der Waals surface area contributed by atoms with E-state index in [-0.39, 0.29) is 24.0 Å². The quantitative estimate of drug-likeness (QED) is 0.923. The Bertz CT molecular complexity index is 653. The molecule has 1 saturated heterocycles. The highest BCUT2D eigenvalue weighted by atomic mass is 16.5. The number of aromatic nitrogens is 2. The van der Waals surface area contributed by atoms with Gasteiger partial charge in [0.1, 0.15) is 6.10 Å². The topological polar surface area (TPSA) is 56.2 Å². The van der Waals surface area contributed by atoms with Crippen LogP contribution in [0.1, 0.15) is 43.7 Å². The van der Waals surface area contributed by atoms with Crippen LogP contribution < -0.4 is 5.32 Å². The van der Waals surface area contributed by atoms with Crippen molar-refractivity contribution >= 4 is 5.91 Å². The number of nitrogens with one attached hydrogen (secondary N) is 1. The van der Waals surface area contributed by atoms with Crippen molar-refractivity contribution in [3.63, 3.8) is 0 Å². The molecule has 1 fully saturated rings. The lowest BCUT2D eigenvalue weighted by atomic mass is 9.97. The van der Waals surface area contributed by atoms with Crippen molar-refractivity contribution in [1.82, 2.24) is 15.1 Å². The highest BCUT2D eigenvalue weighted by Gasteiger charge is 2.37. The lowest BCUT2D eigenvalue weighted by Crippen LogP contribution is -2.34. The number of ether oxygens (including phenoxy) is 1. The number of aryl methyl sites for hydroxylation is 1. The Balaban J connectivity index is 1.71. The van der Waals surface area contributed by atoms with Crippen molar-refractivity contribution in [2.45, 2.75) is 39.0 Å². The Kier molecular flexibility index (Phi) is 4.76. The first-order chi connectivity index (χ1) is 11.2. The van der Waals surface area contributed by atoms with Gasteiger partial charge in [0.15, 0.2) is 0 Å². The van der Waals surface area contributed by atoms with E-state index in [4.69, 9.17) is 4.74 Å². The van der Waals surface area contributed by atoms with Crippen LogP contribution in [0.15, 0.2) is 42.6 Å². The lowest BCUT2D eigenvalue weighted by molar-refractivity contribution is -0.127. The van der Waals surface area contributed by atoms with Gasteiger partial charge in [-0.2, -0.15) is 5.10 Å². The molecule has 23 heavy (non-hydrogen) atoms. The molecular formula is C18H23N3O2. The average Bonchev–Trinajstić information content (AvgIpc) is 3.23. The molecule has 5 nitrogen and oxygen atoms in total. The van der Waals surface area contributed by atoms with E-state index in [9.17, 15) is 4.79 Å². The Morgan fingerprint density at radius 3 is 2.91 bits per heavy atom. The third-order valence-electron chi connectivity index (χ3n) is 4.43. The maximum atomic E-state index is 12.7. The lowest BCUT2D eigenvalue weighted by Gasteiger charge is -2.22. The highest BCUT2D eigenvalue weighted by molar-refractivity contribution is 5.80. The zero-order valence-corrected chi connectivity index (χ0v) is 13.6. The van der Waals surface area contributed by atoms with Crippen LogP contribution in [-0.4, -0.2) is 22.3 Å². The Hall–Kier alpha value is -2.14. The van der Waals surface area contributed by atoms with Crippen LogP contribution >= 0.6 is 0 Å². The summed E-state index contributed by atoms with van der Waals surface area (Å²) in [4.78, 5) is 12.7. The van der Waals surface area contributed by atoms with Crippen LogP contribution in [0.25, 0.3) is 0 Å². The van der Waals surface area contributed by atoms with Crippen LogP contribution in [0.4, 0.5) is 0 Å². The predicted octanol–water partition coefficient (Wildman–Crippen LogP) is 2.86. The first kappa shape index (κ1) is 15.7. The second kappa shape index (κ2) is 6.96. The molecule has 0 spiro atoms. The molecule has 2 aromatic rings. The third-order valence-corrected chi connectivity index (χ3v) is 4.43. The van der Waals surface area contributed by atoms with E-state index in [0.717, 1.165) is 24.2 Å². The number of amides is 1. The maximum absolute atomic E-state index is 12.7. The van der Waals surface area contributed by atoms with Gasteiger partial charge in [-0.3, -0.25) is 9.48 Å². The van der Waals surface area contributed by atoms with E-state index in [2.05, 4.69) is 10.4 Å². The first-order valence-electron chi connectivity index (χ1n) is 8.19. The molecule has 2 heterocycles. The van der Waals surface area contributed by atoms with Crippen molar-refractivity contribution in [2.75, 3.05) is 6.61 Å². The van der Waals surface area contributed by atoms with Crippen molar-refractivity contribution in [2.24, 2.45) is 5.92 Å². The van der Waals surface area contributed by atoms with Crippen LogP contribution in [-0.2, 0) is 16.1 Å². The van der Waals surface area contributed by atoms with Gasteiger partial charge in [0.25, 0.3) is 0 Å². The summed E-state index contributed by atoms with van der Waals surface area (Å²) < 4.78 is 7.74. The molecule has 3 rings (SSSR count). The number of benzene rings is 1. The number of rotatable bonds is 5. The normalized spacial score (nSPS) is 22.0. The van der Waals surface area contributed by atoms with Gasteiger partial charge in [0, 0.05) is 19.3 Å². The average molecular weight is 313 g/mol. The summed E-state index contributed by atoms with van der Waals surface area (Å²) in [6.07, 6.45) is 2.30. The second-order valence-electron chi connectivity index (χ2n) is 5.90. The van der Waals surface area contributed by atoms with Gasteiger partial charge in [-0.1, -0.05) is 30.3 Å². The summed E-state index contributed by atoms with van der Waals surface area (Å²) in [6, 6.07) is 11.9. The van der Waals surface area contributed by atoms with Gasteiger partial charge in [0.05, 0.1) is 17.7 Å². The minimum absolute atomic E-state index is 0.0129. The minimum atomic E-state index is -0.208. The van der Waals surface area contributed by atoms with Crippen LogP contribution in [0.5, 0.6) is 0 Å². The molecule has 5 heteroatoms. The monoisotopic (exact) mass is 313 g/mol. The fourth-order valence-electron chi connectivity index (χ4n) is 3.14. The number of hydrogen-bond donors (Lipinski definition) is 1. The smallest absolute Gasteiger partial charge is 0.226 e. The number of carbonyl (C=O) groups excluding carboxylic acids is 1. The predicted molar refractivity (Wildman–Crippen MR) is 87.7 cm³/mol. The Morgan fingerprint density at radius 1 is 1.39 bits per heavy atom. The molecule has 1 aromatic heterocycles. The second-order valence-corrected chi connectivity index (χ2v) is 5.90. The molecule has 0 bridgehead atoms. The first-order valence-corrected chi connectivity index (χ1v) is 8.19. The van der Waals surface area contributed by atoms with Gasteiger partial charge >= 0.3 is 0 Å². The van der Waals surface area contributed by atoms with Crippen LogP contribution in [0.2, 0.25) is 0 Å². The molecule has 122 valence electrons. The minimum Gasteiger partial charge on any atom is -0.371 e. The Labute approximate surface area is 136 Å². The number of hydrogen-bond acceptors (Lipinski definition) is 3. The summed E-state index contributed by atoms with van der Waals surface area (Å²) in [5, 5.41) is 7.41. The molecule has 0 aliphatic carbocycles. The van der Waals surface area contributed by atoms with Gasteiger partial charge in [-0.25, -0.2) is 0 Å². The molecule has 3 unspecified atom stereocenters. The SMILES string of the molecule is CCn1nccc1C1OCCC1C(=O)NC(C)c1ccccc1. The number of carbonyl (C=O) groups is 1.